The van der Waals surface area contributed by atoms with Gasteiger partial charge in [-0.25, -0.2) is 4.39 Å². The maximum Gasteiger partial charge on any atom is 0.304 e. The van der Waals surface area contributed by atoms with Crippen LogP contribution in [0.5, 0.6) is 0 Å². The second-order valence-corrected chi connectivity index (χ2v) is 4.11. The fourth-order valence-electron chi connectivity index (χ4n) is 1.36. The van der Waals surface area contributed by atoms with Crippen molar-refractivity contribution in [2.45, 2.75) is 12.3 Å². The molecule has 0 aliphatic carbocycles. The highest BCUT2D eigenvalue weighted by molar-refractivity contribution is 9.10. The highest BCUT2D eigenvalue weighted by atomic mass is 79.9. The third-order valence-electron chi connectivity index (χ3n) is 2.10. The van der Waals surface area contributed by atoms with E-state index in [1.807, 2.05) is 0 Å². The zero-order valence-electron chi connectivity index (χ0n) is 7.91. The molecule has 1 aromatic carbocycles. The van der Waals surface area contributed by atoms with Gasteiger partial charge in [-0.1, -0.05) is 15.9 Å². The molecule has 1 rings (SSSR count). The standard InChI is InChI=1S/C10H11BrFNO2/c11-7-1-2-9(12)8(4-7)6(5-13)3-10(14)15/h1-2,4,6H,3,5,13H2,(H,14,15). The molecule has 0 aliphatic rings. The van der Waals surface area contributed by atoms with Crippen molar-refractivity contribution >= 4 is 21.9 Å². The van der Waals surface area contributed by atoms with E-state index in [1.54, 1.807) is 12.1 Å². The van der Waals surface area contributed by atoms with Gasteiger partial charge in [0.1, 0.15) is 5.82 Å². The number of aliphatic carboxylic acids is 1. The number of halogens is 2. The lowest BCUT2D eigenvalue weighted by molar-refractivity contribution is -0.137. The number of rotatable bonds is 4. The van der Waals surface area contributed by atoms with Crippen LogP contribution in [-0.4, -0.2) is 17.6 Å². The van der Waals surface area contributed by atoms with Gasteiger partial charge in [0.25, 0.3) is 0 Å². The Labute approximate surface area is 95.2 Å². The van der Waals surface area contributed by atoms with E-state index in [4.69, 9.17) is 10.8 Å². The second kappa shape index (κ2) is 5.23. The Bertz CT molecular complexity index is 370. The van der Waals surface area contributed by atoms with Crippen LogP contribution in [0.2, 0.25) is 0 Å². The maximum atomic E-state index is 13.4. The summed E-state index contributed by atoms with van der Waals surface area (Å²) in [4.78, 5) is 10.5. The van der Waals surface area contributed by atoms with E-state index in [-0.39, 0.29) is 13.0 Å². The summed E-state index contributed by atoms with van der Waals surface area (Å²) in [5.74, 6) is -1.89. The van der Waals surface area contributed by atoms with E-state index in [1.165, 1.54) is 6.07 Å². The predicted octanol–water partition coefficient (Wildman–Crippen LogP) is 2.11. The van der Waals surface area contributed by atoms with Crippen LogP contribution in [0.25, 0.3) is 0 Å². The SMILES string of the molecule is NCC(CC(=O)O)c1cc(Br)ccc1F. The van der Waals surface area contributed by atoms with Crippen LogP contribution < -0.4 is 5.73 Å². The smallest absolute Gasteiger partial charge is 0.304 e. The lowest BCUT2D eigenvalue weighted by Crippen LogP contribution is -2.17. The molecule has 0 bridgehead atoms. The molecule has 15 heavy (non-hydrogen) atoms. The number of benzene rings is 1. The first-order valence-corrected chi connectivity index (χ1v) is 5.20. The fraction of sp³-hybridized carbons (Fsp3) is 0.300. The largest absolute Gasteiger partial charge is 0.481 e. The molecule has 0 aliphatic heterocycles. The molecule has 0 saturated heterocycles. The van der Waals surface area contributed by atoms with Crippen molar-refractivity contribution in [1.82, 2.24) is 0 Å². The van der Waals surface area contributed by atoms with E-state index < -0.39 is 17.7 Å². The van der Waals surface area contributed by atoms with Gasteiger partial charge in [-0.3, -0.25) is 4.79 Å². The summed E-state index contributed by atoms with van der Waals surface area (Å²) in [5, 5.41) is 8.65. The molecule has 3 nitrogen and oxygen atoms in total. The van der Waals surface area contributed by atoms with E-state index in [2.05, 4.69) is 15.9 Å². The minimum atomic E-state index is -0.982. The van der Waals surface area contributed by atoms with E-state index in [0.29, 0.717) is 10.0 Å². The third-order valence-corrected chi connectivity index (χ3v) is 2.60. The first-order chi connectivity index (χ1) is 7.04. The van der Waals surface area contributed by atoms with Crippen molar-refractivity contribution in [1.29, 1.82) is 0 Å². The number of carboxylic acids is 1. The van der Waals surface area contributed by atoms with Crippen molar-refractivity contribution < 1.29 is 14.3 Å². The Balaban J connectivity index is 3.00. The molecule has 0 saturated carbocycles. The number of nitrogens with two attached hydrogens (primary N) is 1. The van der Waals surface area contributed by atoms with Gasteiger partial charge in [0.05, 0.1) is 6.42 Å². The molecule has 1 unspecified atom stereocenters. The van der Waals surface area contributed by atoms with Crippen LogP contribution in [-0.2, 0) is 4.79 Å². The summed E-state index contributed by atoms with van der Waals surface area (Å²) in [6.07, 6.45) is -0.163. The Kier molecular flexibility index (Phi) is 4.23. The molecule has 5 heteroatoms. The Morgan fingerprint density at radius 1 is 1.60 bits per heavy atom. The topological polar surface area (TPSA) is 63.3 Å². The lowest BCUT2D eigenvalue weighted by Gasteiger charge is -2.13. The summed E-state index contributed by atoms with van der Waals surface area (Å²) in [6, 6.07) is 4.42. The predicted molar refractivity (Wildman–Crippen MR) is 58.1 cm³/mol. The molecule has 0 spiro atoms. The maximum absolute atomic E-state index is 13.4. The Hall–Kier alpha value is -0.940. The first-order valence-electron chi connectivity index (χ1n) is 4.41. The average Bonchev–Trinajstić information content (AvgIpc) is 2.18. The second-order valence-electron chi connectivity index (χ2n) is 3.20. The Morgan fingerprint density at radius 2 is 2.27 bits per heavy atom. The lowest BCUT2D eigenvalue weighted by atomic mass is 9.95. The van der Waals surface area contributed by atoms with Gasteiger partial charge >= 0.3 is 5.97 Å². The summed E-state index contributed by atoms with van der Waals surface area (Å²) in [5.41, 5.74) is 5.77. The molecule has 1 atom stereocenters. The average molecular weight is 276 g/mol. The van der Waals surface area contributed by atoms with Crippen LogP contribution in [0.4, 0.5) is 4.39 Å². The van der Waals surface area contributed by atoms with Crippen LogP contribution in [0.3, 0.4) is 0 Å². The molecule has 3 N–H and O–H groups in total. The van der Waals surface area contributed by atoms with Crippen molar-refractivity contribution in [3.05, 3.63) is 34.1 Å². The van der Waals surface area contributed by atoms with Gasteiger partial charge in [-0.05, 0) is 30.3 Å². The van der Waals surface area contributed by atoms with Crippen LogP contribution >= 0.6 is 15.9 Å². The van der Waals surface area contributed by atoms with Gasteiger partial charge in [0, 0.05) is 10.4 Å². The van der Waals surface area contributed by atoms with Crippen LogP contribution in [0, 0.1) is 5.82 Å². The van der Waals surface area contributed by atoms with Crippen molar-refractivity contribution in [3.63, 3.8) is 0 Å². The van der Waals surface area contributed by atoms with Gasteiger partial charge in [-0.2, -0.15) is 0 Å². The summed E-state index contributed by atoms with van der Waals surface area (Å²) in [6.45, 7) is 0.111. The first kappa shape index (κ1) is 12.1. The molecule has 0 heterocycles. The zero-order valence-corrected chi connectivity index (χ0v) is 9.50. The summed E-state index contributed by atoms with van der Waals surface area (Å²) in [7, 11) is 0. The summed E-state index contributed by atoms with van der Waals surface area (Å²) < 4.78 is 14.1. The van der Waals surface area contributed by atoms with Crippen molar-refractivity contribution in [2.24, 2.45) is 5.73 Å². The molecule has 0 fully saturated rings. The monoisotopic (exact) mass is 275 g/mol. The quantitative estimate of drug-likeness (QED) is 0.885. The van der Waals surface area contributed by atoms with E-state index >= 15 is 0 Å². The summed E-state index contributed by atoms with van der Waals surface area (Å²) >= 11 is 3.21. The van der Waals surface area contributed by atoms with Gasteiger partial charge in [-0.15, -0.1) is 0 Å². The molecular weight excluding hydrogens is 265 g/mol. The molecule has 0 aromatic heterocycles. The van der Waals surface area contributed by atoms with Crippen molar-refractivity contribution in [3.8, 4) is 0 Å². The zero-order chi connectivity index (χ0) is 11.4. The number of carbonyl (C=O) groups is 1. The molecule has 0 amide bonds. The van der Waals surface area contributed by atoms with E-state index in [9.17, 15) is 9.18 Å². The van der Waals surface area contributed by atoms with Gasteiger partial charge in [0.15, 0.2) is 0 Å². The van der Waals surface area contributed by atoms with Crippen molar-refractivity contribution in [2.75, 3.05) is 6.54 Å². The molecule has 0 radical (unpaired) electrons. The normalized spacial score (nSPS) is 12.5. The third kappa shape index (κ3) is 3.28. The number of carboxylic acid groups (broad SMARTS) is 1. The Morgan fingerprint density at radius 3 is 2.80 bits per heavy atom. The van der Waals surface area contributed by atoms with Gasteiger partial charge in [0.2, 0.25) is 0 Å². The highest BCUT2D eigenvalue weighted by Gasteiger charge is 2.17. The fourth-order valence-corrected chi connectivity index (χ4v) is 1.74. The minimum Gasteiger partial charge on any atom is -0.481 e. The van der Waals surface area contributed by atoms with E-state index in [0.717, 1.165) is 0 Å². The van der Waals surface area contributed by atoms with Gasteiger partial charge < -0.3 is 10.8 Å². The van der Waals surface area contributed by atoms with Crippen LogP contribution in [0.1, 0.15) is 17.9 Å². The molecule has 82 valence electrons. The highest BCUT2D eigenvalue weighted by Crippen LogP contribution is 2.25. The van der Waals surface area contributed by atoms with Crippen LogP contribution in [0.15, 0.2) is 22.7 Å². The minimum absolute atomic E-state index is 0.111. The molecule has 1 aromatic rings. The molecular formula is C10H11BrFNO2. The number of hydrogen-bond acceptors (Lipinski definition) is 2. The number of hydrogen-bond donors (Lipinski definition) is 2.